The highest BCUT2D eigenvalue weighted by atomic mass is 19.1. The first-order chi connectivity index (χ1) is 10.0. The van der Waals surface area contributed by atoms with Crippen LogP contribution in [-0.2, 0) is 0 Å². The summed E-state index contributed by atoms with van der Waals surface area (Å²) < 4.78 is 17.9. The quantitative estimate of drug-likeness (QED) is 0.627. The normalized spacial score (nSPS) is 10.7. The molecule has 6 nitrogen and oxygen atoms in total. The number of hydrogen-bond donors (Lipinski definition) is 3. The number of hydrogen-bond acceptors (Lipinski definition) is 6. The van der Waals surface area contributed by atoms with Crippen molar-refractivity contribution >= 4 is 0 Å². The Bertz CT molecular complexity index is 816. The fraction of sp³-hybridized carbons (Fsp3) is 0. The Morgan fingerprint density at radius 3 is 2.43 bits per heavy atom. The van der Waals surface area contributed by atoms with Crippen LogP contribution in [0.5, 0.6) is 17.2 Å². The molecule has 0 saturated carbocycles. The van der Waals surface area contributed by atoms with E-state index in [1.54, 1.807) is 0 Å². The molecule has 0 aliphatic carbocycles. The second kappa shape index (κ2) is 4.78. The lowest BCUT2D eigenvalue weighted by Gasteiger charge is -1.99. The molecular formula is C14H9FN2O4. The Morgan fingerprint density at radius 1 is 0.905 bits per heavy atom. The number of halogens is 1. The monoisotopic (exact) mass is 288 g/mol. The molecule has 0 saturated heterocycles. The van der Waals surface area contributed by atoms with Crippen LogP contribution in [0.3, 0.4) is 0 Å². The molecule has 21 heavy (non-hydrogen) atoms. The summed E-state index contributed by atoms with van der Waals surface area (Å²) in [6.45, 7) is 0. The van der Waals surface area contributed by atoms with Crippen LogP contribution in [0.25, 0.3) is 22.8 Å². The summed E-state index contributed by atoms with van der Waals surface area (Å²) in [4.78, 5) is 4.06. The van der Waals surface area contributed by atoms with Crippen molar-refractivity contribution < 1.29 is 24.2 Å². The van der Waals surface area contributed by atoms with Crippen molar-refractivity contribution in [2.45, 2.75) is 0 Å². The summed E-state index contributed by atoms with van der Waals surface area (Å²) in [6, 6.07) is 7.46. The summed E-state index contributed by atoms with van der Waals surface area (Å²) in [7, 11) is 0. The molecule has 2 aromatic carbocycles. The Kier molecular flexibility index (Phi) is 2.94. The predicted molar refractivity (Wildman–Crippen MR) is 70.1 cm³/mol. The van der Waals surface area contributed by atoms with Gasteiger partial charge in [0.15, 0.2) is 11.5 Å². The van der Waals surface area contributed by atoms with Gasteiger partial charge >= 0.3 is 0 Å². The Hall–Kier alpha value is -3.09. The number of phenolic OH excluding ortho intramolecular Hbond substituents is 3. The summed E-state index contributed by atoms with van der Waals surface area (Å²) in [6.07, 6.45) is 0. The smallest absolute Gasteiger partial charge is 0.262 e. The van der Waals surface area contributed by atoms with Gasteiger partial charge in [-0.2, -0.15) is 4.98 Å². The summed E-state index contributed by atoms with van der Waals surface area (Å²) in [5.41, 5.74) is 0.611. The fourth-order valence-corrected chi connectivity index (χ4v) is 1.80. The molecule has 0 aliphatic rings. The molecule has 3 aromatic rings. The SMILES string of the molecule is Oc1ccc(-c2noc(-c3ccc(F)cc3O)n2)cc1O. The number of benzene rings is 2. The maximum atomic E-state index is 12.9. The van der Waals surface area contributed by atoms with E-state index in [-0.39, 0.29) is 34.5 Å². The van der Waals surface area contributed by atoms with E-state index < -0.39 is 5.82 Å². The summed E-state index contributed by atoms with van der Waals surface area (Å²) in [5, 5.41) is 32.1. The summed E-state index contributed by atoms with van der Waals surface area (Å²) >= 11 is 0. The van der Waals surface area contributed by atoms with E-state index in [0.29, 0.717) is 5.56 Å². The molecule has 0 unspecified atom stereocenters. The van der Waals surface area contributed by atoms with Gasteiger partial charge in [-0.15, -0.1) is 0 Å². The van der Waals surface area contributed by atoms with Crippen molar-refractivity contribution in [3.63, 3.8) is 0 Å². The fourth-order valence-electron chi connectivity index (χ4n) is 1.80. The largest absolute Gasteiger partial charge is 0.507 e. The highest BCUT2D eigenvalue weighted by Gasteiger charge is 2.15. The van der Waals surface area contributed by atoms with Gasteiger partial charge in [0.05, 0.1) is 5.56 Å². The number of aromatic hydroxyl groups is 3. The maximum absolute atomic E-state index is 12.9. The molecular weight excluding hydrogens is 279 g/mol. The molecule has 0 aliphatic heterocycles. The van der Waals surface area contributed by atoms with Crippen LogP contribution >= 0.6 is 0 Å². The van der Waals surface area contributed by atoms with Gasteiger partial charge in [0.1, 0.15) is 11.6 Å². The molecule has 0 fully saturated rings. The second-order valence-electron chi connectivity index (χ2n) is 4.29. The first-order valence-electron chi connectivity index (χ1n) is 5.89. The van der Waals surface area contributed by atoms with E-state index in [1.807, 2.05) is 0 Å². The maximum Gasteiger partial charge on any atom is 0.262 e. The van der Waals surface area contributed by atoms with Crippen LogP contribution in [0, 0.1) is 5.82 Å². The van der Waals surface area contributed by atoms with Gasteiger partial charge in [-0.3, -0.25) is 0 Å². The van der Waals surface area contributed by atoms with Crippen LogP contribution < -0.4 is 0 Å². The van der Waals surface area contributed by atoms with Gasteiger partial charge in [0, 0.05) is 11.6 Å². The zero-order chi connectivity index (χ0) is 15.0. The second-order valence-corrected chi connectivity index (χ2v) is 4.29. The molecule has 0 radical (unpaired) electrons. The lowest BCUT2D eigenvalue weighted by Crippen LogP contribution is -1.83. The van der Waals surface area contributed by atoms with Crippen molar-refractivity contribution in [3.05, 3.63) is 42.2 Å². The van der Waals surface area contributed by atoms with Gasteiger partial charge in [0.2, 0.25) is 5.82 Å². The van der Waals surface area contributed by atoms with Gasteiger partial charge in [-0.25, -0.2) is 4.39 Å². The van der Waals surface area contributed by atoms with E-state index in [1.165, 1.54) is 24.3 Å². The molecule has 7 heteroatoms. The van der Waals surface area contributed by atoms with Crippen molar-refractivity contribution in [1.29, 1.82) is 0 Å². The molecule has 3 N–H and O–H groups in total. The van der Waals surface area contributed by atoms with Crippen LogP contribution in [0.1, 0.15) is 0 Å². The minimum atomic E-state index is -0.584. The van der Waals surface area contributed by atoms with Crippen LogP contribution in [0.4, 0.5) is 4.39 Å². The van der Waals surface area contributed by atoms with Gasteiger partial charge < -0.3 is 19.8 Å². The third kappa shape index (κ3) is 2.36. The number of phenols is 3. The highest BCUT2D eigenvalue weighted by molar-refractivity contribution is 5.66. The van der Waals surface area contributed by atoms with E-state index in [2.05, 4.69) is 10.1 Å². The third-order valence-electron chi connectivity index (χ3n) is 2.85. The lowest BCUT2D eigenvalue weighted by atomic mass is 10.2. The van der Waals surface area contributed by atoms with E-state index in [4.69, 9.17) is 4.52 Å². The average molecular weight is 288 g/mol. The Labute approximate surface area is 117 Å². The molecule has 1 aromatic heterocycles. The predicted octanol–water partition coefficient (Wildman–Crippen LogP) is 2.66. The molecule has 1 heterocycles. The molecule has 0 bridgehead atoms. The molecule has 0 spiro atoms. The average Bonchev–Trinajstić information content (AvgIpc) is 2.91. The number of nitrogens with zero attached hydrogens (tertiary/aromatic N) is 2. The van der Waals surface area contributed by atoms with Crippen LogP contribution in [0.2, 0.25) is 0 Å². The number of aromatic nitrogens is 2. The minimum Gasteiger partial charge on any atom is -0.507 e. The van der Waals surface area contributed by atoms with Gasteiger partial charge in [-0.1, -0.05) is 5.16 Å². The van der Waals surface area contributed by atoms with Crippen molar-refractivity contribution in [1.82, 2.24) is 10.1 Å². The van der Waals surface area contributed by atoms with Crippen LogP contribution in [0.15, 0.2) is 40.9 Å². The highest BCUT2D eigenvalue weighted by Crippen LogP contribution is 2.32. The first kappa shape index (κ1) is 12.9. The van der Waals surface area contributed by atoms with Crippen molar-refractivity contribution in [2.75, 3.05) is 0 Å². The molecule has 3 rings (SSSR count). The van der Waals surface area contributed by atoms with E-state index in [0.717, 1.165) is 12.1 Å². The zero-order valence-electron chi connectivity index (χ0n) is 10.5. The molecule has 0 amide bonds. The van der Waals surface area contributed by atoms with Crippen molar-refractivity contribution in [2.24, 2.45) is 0 Å². The van der Waals surface area contributed by atoms with E-state index >= 15 is 0 Å². The zero-order valence-corrected chi connectivity index (χ0v) is 10.5. The van der Waals surface area contributed by atoms with Crippen LogP contribution in [-0.4, -0.2) is 25.5 Å². The van der Waals surface area contributed by atoms with E-state index in [9.17, 15) is 19.7 Å². The molecule has 106 valence electrons. The Balaban J connectivity index is 2.01. The topological polar surface area (TPSA) is 99.6 Å². The minimum absolute atomic E-state index is 0.00932. The molecule has 0 atom stereocenters. The van der Waals surface area contributed by atoms with Crippen molar-refractivity contribution in [3.8, 4) is 40.1 Å². The first-order valence-corrected chi connectivity index (χ1v) is 5.89. The summed E-state index contributed by atoms with van der Waals surface area (Å²) in [5.74, 6) is -1.32. The lowest BCUT2D eigenvalue weighted by molar-refractivity contribution is 0.403. The standard InChI is InChI=1S/C14H9FN2O4/c15-8-2-3-9(11(19)6-8)14-16-13(17-21-14)7-1-4-10(18)12(20)5-7/h1-6,18-20H. The third-order valence-corrected chi connectivity index (χ3v) is 2.85. The van der Waals surface area contributed by atoms with Gasteiger partial charge in [0.25, 0.3) is 5.89 Å². The Morgan fingerprint density at radius 2 is 1.71 bits per heavy atom. The van der Waals surface area contributed by atoms with Gasteiger partial charge in [-0.05, 0) is 30.3 Å². The number of rotatable bonds is 2.